The zero-order chi connectivity index (χ0) is 15.3. The van der Waals surface area contributed by atoms with Gasteiger partial charge >= 0.3 is 0 Å². The van der Waals surface area contributed by atoms with E-state index in [0.29, 0.717) is 22.2 Å². The fraction of sp³-hybridized carbons (Fsp3) is 0.200. The van der Waals surface area contributed by atoms with Crippen molar-refractivity contribution in [2.75, 3.05) is 11.5 Å². The van der Waals surface area contributed by atoms with Gasteiger partial charge in [0.15, 0.2) is 9.84 Å². The molecule has 0 saturated heterocycles. The minimum Gasteiger partial charge on any atom is -0.326 e. The summed E-state index contributed by atoms with van der Waals surface area (Å²) in [6.45, 7) is 0.334. The summed E-state index contributed by atoms with van der Waals surface area (Å²) in [5.41, 5.74) is 6.36. The maximum atomic E-state index is 12.3. The van der Waals surface area contributed by atoms with Crippen LogP contribution >= 0.6 is 23.4 Å². The molecule has 0 fully saturated rings. The van der Waals surface area contributed by atoms with Gasteiger partial charge in [0.25, 0.3) is 0 Å². The third-order valence-corrected chi connectivity index (χ3v) is 6.11. The minimum atomic E-state index is -3.28. The molecule has 0 aliphatic carbocycles. The van der Waals surface area contributed by atoms with E-state index in [2.05, 4.69) is 0 Å². The van der Waals surface area contributed by atoms with Crippen molar-refractivity contribution in [1.82, 2.24) is 0 Å². The number of halogens is 1. The van der Waals surface area contributed by atoms with Crippen molar-refractivity contribution in [3.63, 3.8) is 0 Å². The van der Waals surface area contributed by atoms with Crippen molar-refractivity contribution in [2.24, 2.45) is 5.73 Å². The third kappa shape index (κ3) is 4.74. The van der Waals surface area contributed by atoms with Gasteiger partial charge in [0.2, 0.25) is 0 Å². The zero-order valence-corrected chi connectivity index (χ0v) is 13.7. The predicted molar refractivity (Wildman–Crippen MR) is 88.6 cm³/mol. The fourth-order valence-corrected chi connectivity index (χ4v) is 4.75. The van der Waals surface area contributed by atoms with Crippen LogP contribution in [0.2, 0.25) is 5.02 Å². The molecule has 0 aliphatic rings. The van der Waals surface area contributed by atoms with Crippen LogP contribution in [0.15, 0.2) is 58.3 Å². The highest BCUT2D eigenvalue weighted by molar-refractivity contribution is 8.00. The number of hydrogen-bond acceptors (Lipinski definition) is 4. The zero-order valence-electron chi connectivity index (χ0n) is 11.3. The highest BCUT2D eigenvalue weighted by atomic mass is 35.5. The summed E-state index contributed by atoms with van der Waals surface area (Å²) in [7, 11) is -3.28. The Balaban J connectivity index is 2.01. The third-order valence-electron chi connectivity index (χ3n) is 2.91. The van der Waals surface area contributed by atoms with E-state index in [-0.39, 0.29) is 5.75 Å². The summed E-state index contributed by atoms with van der Waals surface area (Å²) < 4.78 is 24.6. The average molecular weight is 342 g/mol. The lowest BCUT2D eigenvalue weighted by Crippen LogP contribution is -2.09. The van der Waals surface area contributed by atoms with Crippen LogP contribution < -0.4 is 5.73 Å². The van der Waals surface area contributed by atoms with Gasteiger partial charge in [-0.15, -0.1) is 11.8 Å². The number of nitrogens with two attached hydrogens (primary N) is 1. The van der Waals surface area contributed by atoms with E-state index in [1.807, 2.05) is 24.3 Å². The first-order chi connectivity index (χ1) is 10.0. The second kappa shape index (κ2) is 7.31. The van der Waals surface area contributed by atoms with Gasteiger partial charge in [-0.05, 0) is 35.9 Å². The molecule has 0 saturated carbocycles. The maximum absolute atomic E-state index is 12.3. The fourth-order valence-electron chi connectivity index (χ4n) is 1.81. The molecule has 0 radical (unpaired) electrons. The van der Waals surface area contributed by atoms with Gasteiger partial charge in [0.05, 0.1) is 10.6 Å². The SMILES string of the molecule is NCc1cccc(S(=O)(=O)CCSc2cccc(Cl)c2)c1. The molecule has 6 heteroatoms. The normalized spacial score (nSPS) is 11.5. The van der Waals surface area contributed by atoms with Crippen LogP contribution in [0.3, 0.4) is 0 Å². The standard InChI is InChI=1S/C15H16ClNO2S2/c16-13-4-2-5-14(10-13)20-7-8-21(18,19)15-6-1-3-12(9-15)11-17/h1-6,9-10H,7-8,11,17H2. The number of hydrogen-bond donors (Lipinski definition) is 1. The molecule has 3 nitrogen and oxygen atoms in total. The molecule has 2 aromatic carbocycles. The molecule has 0 aromatic heterocycles. The summed E-state index contributed by atoms with van der Waals surface area (Å²) in [5.74, 6) is 0.563. The lowest BCUT2D eigenvalue weighted by molar-refractivity contribution is 0.597. The van der Waals surface area contributed by atoms with E-state index in [1.165, 1.54) is 11.8 Å². The van der Waals surface area contributed by atoms with Crippen LogP contribution in [0.4, 0.5) is 0 Å². The van der Waals surface area contributed by atoms with Crippen LogP contribution in [0.5, 0.6) is 0 Å². The highest BCUT2D eigenvalue weighted by Gasteiger charge is 2.14. The van der Waals surface area contributed by atoms with Crippen LogP contribution in [0.1, 0.15) is 5.56 Å². The summed E-state index contributed by atoms with van der Waals surface area (Å²) in [6, 6.07) is 14.2. The van der Waals surface area contributed by atoms with Gasteiger partial charge in [0.1, 0.15) is 0 Å². The van der Waals surface area contributed by atoms with E-state index < -0.39 is 9.84 Å². The van der Waals surface area contributed by atoms with Gasteiger partial charge in [-0.25, -0.2) is 8.42 Å². The smallest absolute Gasteiger partial charge is 0.179 e. The molecule has 21 heavy (non-hydrogen) atoms. The van der Waals surface area contributed by atoms with Crippen molar-refractivity contribution in [3.05, 3.63) is 59.1 Å². The largest absolute Gasteiger partial charge is 0.326 e. The van der Waals surface area contributed by atoms with Gasteiger partial charge in [0, 0.05) is 22.2 Å². The van der Waals surface area contributed by atoms with Crippen LogP contribution in [0.25, 0.3) is 0 Å². The van der Waals surface area contributed by atoms with E-state index in [1.54, 1.807) is 24.3 Å². The molecule has 0 spiro atoms. The summed E-state index contributed by atoms with van der Waals surface area (Å²) in [6.07, 6.45) is 0. The topological polar surface area (TPSA) is 60.2 Å². The highest BCUT2D eigenvalue weighted by Crippen LogP contribution is 2.23. The van der Waals surface area contributed by atoms with Crippen molar-refractivity contribution in [1.29, 1.82) is 0 Å². The average Bonchev–Trinajstić information content (AvgIpc) is 2.47. The molecule has 2 rings (SSSR count). The van der Waals surface area contributed by atoms with Crippen molar-refractivity contribution in [2.45, 2.75) is 16.3 Å². The molecule has 2 aromatic rings. The van der Waals surface area contributed by atoms with E-state index in [4.69, 9.17) is 17.3 Å². The lowest BCUT2D eigenvalue weighted by atomic mass is 10.2. The van der Waals surface area contributed by atoms with Gasteiger partial charge in [-0.3, -0.25) is 0 Å². The molecule has 0 unspecified atom stereocenters. The molecule has 0 bridgehead atoms. The molecule has 0 heterocycles. The second-order valence-electron chi connectivity index (χ2n) is 4.48. The number of thioether (sulfide) groups is 1. The molecule has 0 aliphatic heterocycles. The molecule has 2 N–H and O–H groups in total. The van der Waals surface area contributed by atoms with Gasteiger partial charge in [-0.1, -0.05) is 29.8 Å². The number of sulfone groups is 1. The molecule has 112 valence electrons. The first-order valence-corrected chi connectivity index (χ1v) is 9.43. The maximum Gasteiger partial charge on any atom is 0.179 e. The van der Waals surface area contributed by atoms with Crippen molar-refractivity contribution >= 4 is 33.2 Å². The van der Waals surface area contributed by atoms with Crippen molar-refractivity contribution in [3.8, 4) is 0 Å². The Hall–Kier alpha value is -1.01. The quantitative estimate of drug-likeness (QED) is 0.818. The minimum absolute atomic E-state index is 0.0816. The number of benzene rings is 2. The van der Waals surface area contributed by atoms with Crippen LogP contribution in [0, 0.1) is 0 Å². The first-order valence-electron chi connectivity index (χ1n) is 6.41. The van der Waals surface area contributed by atoms with Crippen LogP contribution in [-0.4, -0.2) is 19.9 Å². The van der Waals surface area contributed by atoms with E-state index in [0.717, 1.165) is 10.5 Å². The van der Waals surface area contributed by atoms with Crippen molar-refractivity contribution < 1.29 is 8.42 Å². The Morgan fingerprint density at radius 3 is 2.57 bits per heavy atom. The Morgan fingerprint density at radius 1 is 1.10 bits per heavy atom. The van der Waals surface area contributed by atoms with E-state index in [9.17, 15) is 8.42 Å². The van der Waals surface area contributed by atoms with Crippen LogP contribution in [-0.2, 0) is 16.4 Å². The first kappa shape index (κ1) is 16.4. The van der Waals surface area contributed by atoms with Gasteiger partial charge < -0.3 is 5.73 Å². The Morgan fingerprint density at radius 2 is 1.86 bits per heavy atom. The van der Waals surface area contributed by atoms with E-state index >= 15 is 0 Å². The lowest BCUT2D eigenvalue weighted by Gasteiger charge is -2.06. The summed E-state index contributed by atoms with van der Waals surface area (Å²) >= 11 is 7.38. The Bertz CT molecular complexity index is 717. The monoisotopic (exact) mass is 341 g/mol. The predicted octanol–water partition coefficient (Wildman–Crippen LogP) is 3.36. The molecular formula is C15H16ClNO2S2. The molecule has 0 amide bonds. The summed E-state index contributed by atoms with van der Waals surface area (Å²) in [4.78, 5) is 1.30. The molecular weight excluding hydrogens is 326 g/mol. The summed E-state index contributed by atoms with van der Waals surface area (Å²) in [5, 5.41) is 0.651. The number of rotatable bonds is 6. The molecule has 0 atom stereocenters. The second-order valence-corrected chi connectivity index (χ2v) is 8.19. The van der Waals surface area contributed by atoms with Gasteiger partial charge in [-0.2, -0.15) is 0 Å². The Kier molecular flexibility index (Phi) is 5.70. The Labute approximate surface area is 134 Å².